The van der Waals surface area contributed by atoms with Crippen molar-refractivity contribution in [3.63, 3.8) is 0 Å². The van der Waals surface area contributed by atoms with Crippen molar-refractivity contribution < 1.29 is 18.6 Å². The summed E-state index contributed by atoms with van der Waals surface area (Å²) in [5.41, 5.74) is 2.33. The van der Waals surface area contributed by atoms with Gasteiger partial charge in [0.2, 0.25) is 0 Å². The number of para-hydroxylation sites is 1. The molecule has 0 aliphatic rings. The predicted molar refractivity (Wildman–Crippen MR) is 128 cm³/mol. The molecule has 0 saturated heterocycles. The van der Waals surface area contributed by atoms with E-state index in [2.05, 4.69) is 15.6 Å². The molecular weight excluding hydrogens is 444 g/mol. The van der Waals surface area contributed by atoms with Gasteiger partial charge < -0.3 is 20.5 Å². The molecule has 0 amide bonds. The molecule has 5 nitrogen and oxygen atoms in total. The number of rotatable bonds is 10. The molecule has 0 bridgehead atoms. The molecule has 8 heteroatoms. The quantitative estimate of drug-likeness (QED) is 0.313. The van der Waals surface area contributed by atoms with Gasteiger partial charge in [0, 0.05) is 19.2 Å². The number of anilines is 1. The first-order valence-corrected chi connectivity index (χ1v) is 11.4. The molecule has 0 aliphatic heterocycles. The zero-order valence-corrected chi connectivity index (χ0v) is 18.9. The maximum Gasteiger partial charge on any atom is 0.184 e. The van der Waals surface area contributed by atoms with E-state index in [1.165, 1.54) is 23.5 Å². The Bertz CT molecular complexity index is 1160. The maximum atomic E-state index is 13.7. The van der Waals surface area contributed by atoms with Crippen LogP contribution in [0.5, 0.6) is 5.75 Å². The van der Waals surface area contributed by atoms with Gasteiger partial charge in [-0.2, -0.15) is 0 Å². The minimum Gasteiger partial charge on any atom is -0.497 e. The fraction of sp³-hybridized carbons (Fsp3) is 0.240. The number of nitrogens with one attached hydrogen (secondary N) is 2. The third-order valence-corrected chi connectivity index (χ3v) is 6.23. The van der Waals surface area contributed by atoms with Crippen molar-refractivity contribution in [3.8, 4) is 5.75 Å². The third kappa shape index (κ3) is 6.25. The Morgan fingerprint density at radius 3 is 2.55 bits per heavy atom. The van der Waals surface area contributed by atoms with E-state index in [0.717, 1.165) is 27.6 Å². The predicted octanol–water partition coefficient (Wildman–Crippen LogP) is 4.76. The van der Waals surface area contributed by atoms with Crippen LogP contribution in [0.4, 0.5) is 13.9 Å². The zero-order chi connectivity index (χ0) is 23.2. The number of methoxy groups -OCH3 is 1. The highest BCUT2D eigenvalue weighted by molar-refractivity contribution is 7.22. The monoisotopic (exact) mass is 469 g/mol. The number of thiazole rings is 1. The number of aliphatic hydroxyl groups is 1. The van der Waals surface area contributed by atoms with Gasteiger partial charge in [-0.25, -0.2) is 13.8 Å². The number of hydrogen-bond donors (Lipinski definition) is 3. The molecule has 4 aromatic rings. The smallest absolute Gasteiger partial charge is 0.184 e. The van der Waals surface area contributed by atoms with Crippen molar-refractivity contribution in [1.29, 1.82) is 0 Å². The van der Waals surface area contributed by atoms with Gasteiger partial charge in [0.15, 0.2) is 5.13 Å². The Morgan fingerprint density at radius 2 is 1.79 bits per heavy atom. The largest absolute Gasteiger partial charge is 0.497 e. The SMILES string of the molecule is COc1cccc(CNC[C@@H](O)[C@H](Cc2cc(F)cc(F)c2)Nc2nc3ccccc3s2)c1. The summed E-state index contributed by atoms with van der Waals surface area (Å²) in [6, 6.07) is 18.3. The lowest BCUT2D eigenvalue weighted by atomic mass is 10.0. The number of hydrogen-bond acceptors (Lipinski definition) is 6. The molecule has 3 N–H and O–H groups in total. The Balaban J connectivity index is 1.47. The fourth-order valence-electron chi connectivity index (χ4n) is 3.65. The molecule has 0 saturated carbocycles. The van der Waals surface area contributed by atoms with Crippen LogP contribution in [0.2, 0.25) is 0 Å². The van der Waals surface area contributed by atoms with Crippen molar-refractivity contribution in [3.05, 3.63) is 89.5 Å². The minimum absolute atomic E-state index is 0.229. The van der Waals surface area contributed by atoms with Crippen molar-refractivity contribution in [1.82, 2.24) is 10.3 Å². The molecule has 172 valence electrons. The number of benzene rings is 3. The van der Waals surface area contributed by atoms with Gasteiger partial charge in [0.1, 0.15) is 17.4 Å². The Morgan fingerprint density at radius 1 is 1.00 bits per heavy atom. The van der Waals surface area contributed by atoms with E-state index < -0.39 is 23.8 Å². The van der Waals surface area contributed by atoms with Crippen LogP contribution in [-0.4, -0.2) is 35.9 Å². The molecule has 4 rings (SSSR count). The fourth-order valence-corrected chi connectivity index (χ4v) is 4.58. The zero-order valence-electron chi connectivity index (χ0n) is 18.1. The van der Waals surface area contributed by atoms with Crippen molar-refractivity contribution >= 4 is 26.7 Å². The summed E-state index contributed by atoms with van der Waals surface area (Å²) in [5.74, 6) is -0.526. The number of halogens is 2. The maximum absolute atomic E-state index is 13.7. The van der Waals surface area contributed by atoms with Crippen molar-refractivity contribution in [2.24, 2.45) is 0 Å². The summed E-state index contributed by atoms with van der Waals surface area (Å²) in [6.45, 7) is 0.814. The van der Waals surface area contributed by atoms with Crippen molar-refractivity contribution in [2.75, 3.05) is 19.0 Å². The second-order valence-electron chi connectivity index (χ2n) is 7.77. The van der Waals surface area contributed by atoms with Crippen molar-refractivity contribution in [2.45, 2.75) is 25.1 Å². The van der Waals surface area contributed by atoms with Crippen LogP contribution in [0.3, 0.4) is 0 Å². The Labute approximate surface area is 195 Å². The third-order valence-electron chi connectivity index (χ3n) is 5.26. The summed E-state index contributed by atoms with van der Waals surface area (Å²) in [4.78, 5) is 4.57. The highest BCUT2D eigenvalue weighted by Gasteiger charge is 2.22. The van der Waals surface area contributed by atoms with E-state index in [9.17, 15) is 13.9 Å². The van der Waals surface area contributed by atoms with Gasteiger partial charge in [-0.1, -0.05) is 35.6 Å². The van der Waals surface area contributed by atoms with Gasteiger partial charge >= 0.3 is 0 Å². The van der Waals surface area contributed by atoms with Gasteiger partial charge in [-0.05, 0) is 53.9 Å². The molecule has 33 heavy (non-hydrogen) atoms. The summed E-state index contributed by atoms with van der Waals surface area (Å²) in [5, 5.41) is 18.1. The molecular formula is C25H25F2N3O2S. The van der Waals surface area contributed by atoms with Crippen LogP contribution in [0.15, 0.2) is 66.7 Å². The second kappa shape index (κ2) is 10.7. The van der Waals surface area contributed by atoms with Crippen LogP contribution in [-0.2, 0) is 13.0 Å². The normalized spacial score (nSPS) is 13.1. The Kier molecular flexibility index (Phi) is 7.49. The minimum atomic E-state index is -0.839. The number of fused-ring (bicyclic) bond motifs is 1. The summed E-state index contributed by atoms with van der Waals surface area (Å²) in [7, 11) is 1.61. The van der Waals surface area contributed by atoms with Gasteiger partial charge in [0.25, 0.3) is 0 Å². The molecule has 1 heterocycles. The lowest BCUT2D eigenvalue weighted by Crippen LogP contribution is -2.42. The number of aromatic nitrogens is 1. The number of ether oxygens (including phenoxy) is 1. The molecule has 0 radical (unpaired) electrons. The van der Waals surface area contributed by atoms with Gasteiger partial charge in [-0.15, -0.1) is 0 Å². The first kappa shape index (κ1) is 23.1. The molecule has 3 aromatic carbocycles. The van der Waals surface area contributed by atoms with Crippen LogP contribution >= 0.6 is 11.3 Å². The highest BCUT2D eigenvalue weighted by atomic mass is 32.1. The van der Waals surface area contributed by atoms with E-state index in [-0.39, 0.29) is 13.0 Å². The first-order chi connectivity index (χ1) is 16.0. The molecule has 2 atom stereocenters. The average Bonchev–Trinajstić information content (AvgIpc) is 3.20. The van der Waals surface area contributed by atoms with Crippen LogP contribution in [0.25, 0.3) is 10.2 Å². The van der Waals surface area contributed by atoms with E-state index in [0.29, 0.717) is 17.2 Å². The van der Waals surface area contributed by atoms with E-state index >= 15 is 0 Å². The Hall–Kier alpha value is -3.07. The van der Waals surface area contributed by atoms with E-state index in [4.69, 9.17) is 4.74 Å². The van der Waals surface area contributed by atoms with Gasteiger partial charge in [0.05, 0.1) is 29.5 Å². The van der Waals surface area contributed by atoms with Gasteiger partial charge in [-0.3, -0.25) is 0 Å². The average molecular weight is 470 g/mol. The molecule has 1 aromatic heterocycles. The summed E-state index contributed by atoms with van der Waals surface area (Å²) >= 11 is 1.47. The van der Waals surface area contributed by atoms with Crippen LogP contribution < -0.4 is 15.4 Å². The second-order valence-corrected chi connectivity index (χ2v) is 8.80. The van der Waals surface area contributed by atoms with Crippen LogP contribution in [0, 0.1) is 11.6 Å². The molecule has 0 unspecified atom stereocenters. The molecule has 0 aliphatic carbocycles. The lowest BCUT2D eigenvalue weighted by Gasteiger charge is -2.24. The standard InChI is InChI=1S/C25H25F2N3O2S/c1-32-20-6-4-5-16(11-20)14-28-15-23(31)22(12-17-9-18(26)13-19(27)10-17)30-25-29-21-7-2-3-8-24(21)33-25/h2-11,13,22-23,28,31H,12,14-15H2,1H3,(H,29,30)/t22-,23+/m0/s1. The van der Waals surface area contributed by atoms with E-state index in [1.54, 1.807) is 7.11 Å². The highest BCUT2D eigenvalue weighted by Crippen LogP contribution is 2.27. The molecule has 0 fully saturated rings. The summed E-state index contributed by atoms with van der Waals surface area (Å²) < 4.78 is 33.7. The number of nitrogens with zero attached hydrogens (tertiary/aromatic N) is 1. The lowest BCUT2D eigenvalue weighted by molar-refractivity contribution is 0.148. The van der Waals surface area contributed by atoms with Crippen LogP contribution in [0.1, 0.15) is 11.1 Å². The van der Waals surface area contributed by atoms with E-state index in [1.807, 2.05) is 48.5 Å². The molecule has 0 spiro atoms. The topological polar surface area (TPSA) is 66.4 Å². The summed E-state index contributed by atoms with van der Waals surface area (Å²) in [6.07, 6.45) is -0.610. The first-order valence-electron chi connectivity index (χ1n) is 10.6. The number of aliphatic hydroxyl groups excluding tert-OH is 1.